The Morgan fingerprint density at radius 2 is 1.81 bits per heavy atom. The number of nitrogens with one attached hydrogen (secondary N) is 2. The highest BCUT2D eigenvalue weighted by molar-refractivity contribution is 7.92. The molecule has 16 heavy (non-hydrogen) atoms. The van der Waals surface area contributed by atoms with Crippen LogP contribution in [-0.2, 0) is 19.4 Å². The molecule has 0 fully saturated rings. The molecule has 0 aromatic rings. The first-order chi connectivity index (χ1) is 7.37. The summed E-state index contributed by atoms with van der Waals surface area (Å²) in [5.41, 5.74) is 0. The lowest BCUT2D eigenvalue weighted by atomic mass is 10.5. The molecule has 7 heteroatoms. The minimum Gasteiger partial charge on any atom is -0.355 e. The largest absolute Gasteiger partial charge is 0.355 e. The zero-order chi connectivity index (χ0) is 12.6. The van der Waals surface area contributed by atoms with E-state index < -0.39 is 21.5 Å². The van der Waals surface area contributed by atoms with Gasteiger partial charge in [-0.3, -0.25) is 9.59 Å². The third-order valence-corrected chi connectivity index (χ3v) is 2.99. The zero-order valence-electron chi connectivity index (χ0n) is 9.15. The van der Waals surface area contributed by atoms with E-state index in [1.54, 1.807) is 0 Å². The average molecular weight is 248 g/mol. The number of sulfone groups is 1. The summed E-state index contributed by atoms with van der Waals surface area (Å²) in [6.07, 6.45) is 1.24. The van der Waals surface area contributed by atoms with Crippen LogP contribution in [-0.4, -0.2) is 44.8 Å². The van der Waals surface area contributed by atoms with E-state index in [9.17, 15) is 18.0 Å². The Morgan fingerprint density at radius 3 is 2.31 bits per heavy atom. The summed E-state index contributed by atoms with van der Waals surface area (Å²) in [4.78, 5) is 21.6. The van der Waals surface area contributed by atoms with Crippen LogP contribution in [0, 0.1) is 0 Å². The maximum atomic E-state index is 11.2. The fourth-order valence-corrected chi connectivity index (χ4v) is 1.91. The van der Waals surface area contributed by atoms with Crippen molar-refractivity contribution in [3.8, 4) is 0 Å². The molecular weight excluding hydrogens is 232 g/mol. The van der Waals surface area contributed by atoms with Crippen LogP contribution in [0.5, 0.6) is 0 Å². The van der Waals surface area contributed by atoms with E-state index in [0.29, 0.717) is 0 Å². The van der Waals surface area contributed by atoms with Crippen LogP contribution < -0.4 is 10.6 Å². The lowest BCUT2D eigenvalue weighted by molar-refractivity contribution is -0.120. The van der Waals surface area contributed by atoms with Crippen LogP contribution in [0.3, 0.4) is 0 Å². The molecule has 0 saturated carbocycles. The van der Waals surface area contributed by atoms with Gasteiger partial charge in [0.05, 0.1) is 5.75 Å². The second-order valence-corrected chi connectivity index (χ2v) is 5.29. The van der Waals surface area contributed by atoms with Gasteiger partial charge in [0.15, 0.2) is 9.84 Å². The minimum absolute atomic E-state index is 0.200. The van der Waals surface area contributed by atoms with E-state index in [-0.39, 0.29) is 24.7 Å². The first kappa shape index (κ1) is 14.6. The summed E-state index contributed by atoms with van der Waals surface area (Å²) < 4.78 is 22.4. The van der Waals surface area contributed by atoms with E-state index >= 15 is 0 Å². The van der Waals surface area contributed by atoms with Crippen molar-refractivity contribution in [2.75, 3.05) is 24.6 Å². The molecule has 0 rings (SSSR count). The highest BCUT2D eigenvalue weighted by Crippen LogP contribution is 1.89. The standard InChI is InChI=1S/C9H16N2O4S/c1-3-6-16(14,15)7-9(13)11-5-4-10-8(2)12/h3H,1,4-7H2,2H3,(H,10,12)(H,11,13). The predicted octanol–water partition coefficient (Wildman–Crippen LogP) is -1.16. The molecule has 0 aromatic heterocycles. The Labute approximate surface area is 95.0 Å². The summed E-state index contributed by atoms with van der Waals surface area (Å²) in [7, 11) is -3.40. The molecule has 0 unspecified atom stereocenters. The monoisotopic (exact) mass is 248 g/mol. The molecule has 0 aromatic carbocycles. The average Bonchev–Trinajstić information content (AvgIpc) is 2.11. The van der Waals surface area contributed by atoms with E-state index in [0.717, 1.165) is 0 Å². The lowest BCUT2D eigenvalue weighted by Gasteiger charge is -2.05. The van der Waals surface area contributed by atoms with Crippen molar-refractivity contribution < 1.29 is 18.0 Å². The molecule has 0 radical (unpaired) electrons. The molecule has 2 N–H and O–H groups in total. The number of carbonyl (C=O) groups is 2. The molecule has 0 saturated heterocycles. The maximum Gasteiger partial charge on any atom is 0.235 e. The second kappa shape index (κ2) is 7.00. The summed E-state index contributed by atoms with van der Waals surface area (Å²) in [5.74, 6) is -1.55. The Bertz CT molecular complexity index is 362. The lowest BCUT2D eigenvalue weighted by Crippen LogP contribution is -2.36. The third kappa shape index (κ3) is 7.98. The fraction of sp³-hybridized carbons (Fsp3) is 0.556. The van der Waals surface area contributed by atoms with Gasteiger partial charge >= 0.3 is 0 Å². The van der Waals surface area contributed by atoms with Gasteiger partial charge in [0, 0.05) is 20.0 Å². The highest BCUT2D eigenvalue weighted by Gasteiger charge is 2.14. The molecule has 0 atom stereocenters. The van der Waals surface area contributed by atoms with Crippen LogP contribution in [0.2, 0.25) is 0 Å². The molecule has 0 spiro atoms. The van der Waals surface area contributed by atoms with Gasteiger partial charge in [0.1, 0.15) is 5.75 Å². The highest BCUT2D eigenvalue weighted by atomic mass is 32.2. The number of carbonyl (C=O) groups excluding carboxylic acids is 2. The zero-order valence-corrected chi connectivity index (χ0v) is 9.97. The summed E-state index contributed by atoms with van der Waals surface area (Å²) in [6.45, 7) is 5.14. The van der Waals surface area contributed by atoms with Crippen molar-refractivity contribution in [1.29, 1.82) is 0 Å². The van der Waals surface area contributed by atoms with Crippen LogP contribution in [0.25, 0.3) is 0 Å². The molecule has 0 aliphatic carbocycles. The summed E-state index contributed by atoms with van der Waals surface area (Å²) in [5, 5.41) is 4.86. The second-order valence-electron chi connectivity index (χ2n) is 3.18. The number of rotatable bonds is 7. The first-order valence-electron chi connectivity index (χ1n) is 4.70. The Balaban J connectivity index is 3.83. The molecule has 0 aliphatic heterocycles. The van der Waals surface area contributed by atoms with Crippen LogP contribution in [0.4, 0.5) is 0 Å². The van der Waals surface area contributed by atoms with Crippen LogP contribution >= 0.6 is 0 Å². The maximum absolute atomic E-state index is 11.2. The molecule has 0 bridgehead atoms. The Morgan fingerprint density at radius 1 is 1.25 bits per heavy atom. The van der Waals surface area contributed by atoms with Gasteiger partial charge in [0.25, 0.3) is 0 Å². The van der Waals surface area contributed by atoms with Gasteiger partial charge < -0.3 is 10.6 Å². The van der Waals surface area contributed by atoms with Gasteiger partial charge in [-0.1, -0.05) is 6.08 Å². The molecule has 92 valence electrons. The topological polar surface area (TPSA) is 92.3 Å². The first-order valence-corrected chi connectivity index (χ1v) is 6.52. The van der Waals surface area contributed by atoms with E-state index in [2.05, 4.69) is 17.2 Å². The van der Waals surface area contributed by atoms with Crippen LogP contribution in [0.1, 0.15) is 6.92 Å². The number of hydrogen-bond acceptors (Lipinski definition) is 4. The van der Waals surface area contributed by atoms with Crippen molar-refractivity contribution in [3.05, 3.63) is 12.7 Å². The SMILES string of the molecule is C=CCS(=O)(=O)CC(=O)NCCNC(C)=O. The molecule has 6 nitrogen and oxygen atoms in total. The van der Waals surface area contributed by atoms with Gasteiger partial charge in [-0.05, 0) is 0 Å². The quantitative estimate of drug-likeness (QED) is 0.439. The van der Waals surface area contributed by atoms with Gasteiger partial charge in [-0.15, -0.1) is 6.58 Å². The van der Waals surface area contributed by atoms with Crippen molar-refractivity contribution in [2.45, 2.75) is 6.92 Å². The fourth-order valence-electron chi connectivity index (χ4n) is 0.930. The van der Waals surface area contributed by atoms with Crippen LogP contribution in [0.15, 0.2) is 12.7 Å². The minimum atomic E-state index is -3.40. The van der Waals surface area contributed by atoms with E-state index in [4.69, 9.17) is 0 Å². The van der Waals surface area contributed by atoms with Gasteiger partial charge in [0.2, 0.25) is 11.8 Å². The van der Waals surface area contributed by atoms with Gasteiger partial charge in [-0.2, -0.15) is 0 Å². The smallest absolute Gasteiger partial charge is 0.235 e. The Kier molecular flexibility index (Phi) is 6.40. The number of hydrogen-bond donors (Lipinski definition) is 2. The van der Waals surface area contributed by atoms with Crippen molar-refractivity contribution in [3.63, 3.8) is 0 Å². The summed E-state index contributed by atoms with van der Waals surface area (Å²) >= 11 is 0. The normalized spacial score (nSPS) is 10.6. The number of amides is 2. The van der Waals surface area contributed by atoms with Crippen molar-refractivity contribution in [1.82, 2.24) is 10.6 Å². The molecule has 0 heterocycles. The Hall–Kier alpha value is -1.37. The van der Waals surface area contributed by atoms with Crippen molar-refractivity contribution >= 4 is 21.7 Å². The predicted molar refractivity (Wildman–Crippen MR) is 60.5 cm³/mol. The third-order valence-electron chi connectivity index (χ3n) is 1.54. The van der Waals surface area contributed by atoms with E-state index in [1.165, 1.54) is 13.0 Å². The molecular formula is C9H16N2O4S. The van der Waals surface area contributed by atoms with Crippen molar-refractivity contribution in [2.24, 2.45) is 0 Å². The molecule has 0 aliphatic rings. The van der Waals surface area contributed by atoms with E-state index in [1.807, 2.05) is 0 Å². The molecule has 2 amide bonds. The summed E-state index contributed by atoms with van der Waals surface area (Å²) in [6, 6.07) is 0. The van der Waals surface area contributed by atoms with Gasteiger partial charge in [-0.25, -0.2) is 8.42 Å².